The number of carbonyl (C=O) groups is 3. The van der Waals surface area contributed by atoms with Crippen molar-refractivity contribution in [2.45, 2.75) is 46.0 Å². The molecule has 178 valence electrons. The summed E-state index contributed by atoms with van der Waals surface area (Å²) >= 11 is 0. The SMILES string of the molecule is CCCCNC(=O)c1c(O)c(C(=O)NCC(=O)O)c(O)n(-c2ccc(C(C)(C)C)cc2)c1=O. The Labute approximate surface area is 190 Å². The molecule has 0 saturated heterocycles. The van der Waals surface area contributed by atoms with Crippen LogP contribution in [0.4, 0.5) is 0 Å². The third-order valence-electron chi connectivity index (χ3n) is 4.99. The van der Waals surface area contributed by atoms with Gasteiger partial charge in [-0.25, -0.2) is 4.57 Å². The predicted molar refractivity (Wildman–Crippen MR) is 121 cm³/mol. The van der Waals surface area contributed by atoms with Gasteiger partial charge in [-0.1, -0.05) is 46.2 Å². The summed E-state index contributed by atoms with van der Waals surface area (Å²) in [7, 11) is 0. The highest BCUT2D eigenvalue weighted by molar-refractivity contribution is 6.05. The van der Waals surface area contributed by atoms with Gasteiger partial charge in [0.1, 0.15) is 17.7 Å². The quantitative estimate of drug-likeness (QED) is 0.377. The van der Waals surface area contributed by atoms with Gasteiger partial charge in [0.25, 0.3) is 17.4 Å². The van der Waals surface area contributed by atoms with Crippen LogP contribution >= 0.6 is 0 Å². The fourth-order valence-electron chi connectivity index (χ4n) is 3.13. The number of nitrogens with one attached hydrogen (secondary N) is 2. The van der Waals surface area contributed by atoms with E-state index in [1.807, 2.05) is 33.0 Å². The van der Waals surface area contributed by atoms with Gasteiger partial charge in [-0.05, 0) is 29.5 Å². The molecule has 0 saturated carbocycles. The van der Waals surface area contributed by atoms with Gasteiger partial charge in [0.2, 0.25) is 5.88 Å². The number of unbranched alkanes of at least 4 members (excludes halogenated alkanes) is 1. The molecule has 33 heavy (non-hydrogen) atoms. The largest absolute Gasteiger partial charge is 0.506 e. The number of carboxylic acids is 1. The van der Waals surface area contributed by atoms with Crippen molar-refractivity contribution in [1.82, 2.24) is 15.2 Å². The average Bonchev–Trinajstić information content (AvgIpc) is 2.72. The molecule has 0 unspecified atom stereocenters. The van der Waals surface area contributed by atoms with Gasteiger partial charge < -0.3 is 26.0 Å². The number of amides is 2. The van der Waals surface area contributed by atoms with Crippen molar-refractivity contribution in [2.24, 2.45) is 0 Å². The van der Waals surface area contributed by atoms with Gasteiger partial charge in [0, 0.05) is 6.54 Å². The summed E-state index contributed by atoms with van der Waals surface area (Å²) < 4.78 is 0.733. The molecular weight excluding hydrogens is 430 g/mol. The van der Waals surface area contributed by atoms with Crippen LogP contribution < -0.4 is 16.2 Å². The van der Waals surface area contributed by atoms with Crippen LogP contribution in [-0.2, 0) is 10.2 Å². The van der Waals surface area contributed by atoms with E-state index in [1.165, 1.54) is 12.1 Å². The number of hydrogen-bond donors (Lipinski definition) is 5. The number of rotatable bonds is 8. The van der Waals surface area contributed by atoms with Crippen molar-refractivity contribution in [3.63, 3.8) is 0 Å². The molecule has 2 rings (SSSR count). The predicted octanol–water partition coefficient (Wildman–Crippen LogP) is 1.89. The van der Waals surface area contributed by atoms with E-state index in [1.54, 1.807) is 12.1 Å². The fraction of sp³-hybridized carbons (Fsp3) is 0.391. The molecule has 2 amide bonds. The lowest BCUT2D eigenvalue weighted by molar-refractivity contribution is -0.135. The Kier molecular flexibility index (Phi) is 7.86. The normalized spacial score (nSPS) is 11.2. The summed E-state index contributed by atoms with van der Waals surface area (Å²) in [6, 6.07) is 6.55. The number of pyridine rings is 1. The molecular formula is C23H29N3O7. The molecule has 0 aliphatic carbocycles. The van der Waals surface area contributed by atoms with Crippen LogP contribution in [0.2, 0.25) is 0 Å². The van der Waals surface area contributed by atoms with E-state index < -0.39 is 52.6 Å². The van der Waals surface area contributed by atoms with E-state index >= 15 is 0 Å². The maximum atomic E-state index is 13.2. The highest BCUT2D eigenvalue weighted by Gasteiger charge is 2.30. The van der Waals surface area contributed by atoms with Crippen molar-refractivity contribution in [1.29, 1.82) is 0 Å². The first-order valence-electron chi connectivity index (χ1n) is 10.5. The summed E-state index contributed by atoms with van der Waals surface area (Å²) in [5.41, 5.74) is -1.64. The second-order valence-electron chi connectivity index (χ2n) is 8.55. The van der Waals surface area contributed by atoms with Crippen LogP contribution in [0.3, 0.4) is 0 Å². The van der Waals surface area contributed by atoms with Crippen LogP contribution in [0.25, 0.3) is 5.69 Å². The molecule has 5 N–H and O–H groups in total. The number of nitrogens with zero attached hydrogens (tertiary/aromatic N) is 1. The first-order chi connectivity index (χ1) is 15.4. The summed E-state index contributed by atoms with van der Waals surface area (Å²) in [4.78, 5) is 49.2. The number of aromatic hydroxyl groups is 2. The molecule has 0 radical (unpaired) electrons. The van der Waals surface area contributed by atoms with E-state index in [0.29, 0.717) is 6.42 Å². The van der Waals surface area contributed by atoms with Crippen molar-refractivity contribution in [3.05, 3.63) is 51.3 Å². The number of carbonyl (C=O) groups excluding carboxylic acids is 2. The summed E-state index contributed by atoms with van der Waals surface area (Å²) in [6.45, 7) is 7.33. The molecule has 10 nitrogen and oxygen atoms in total. The van der Waals surface area contributed by atoms with Gasteiger partial charge in [-0.3, -0.25) is 19.2 Å². The molecule has 0 aliphatic rings. The number of carboxylic acid groups (broad SMARTS) is 1. The zero-order chi connectivity index (χ0) is 24.9. The van der Waals surface area contributed by atoms with E-state index in [4.69, 9.17) is 5.11 Å². The smallest absolute Gasteiger partial charge is 0.322 e. The van der Waals surface area contributed by atoms with Gasteiger partial charge in [-0.15, -0.1) is 0 Å². The Morgan fingerprint density at radius 3 is 2.06 bits per heavy atom. The number of benzene rings is 1. The second kappa shape index (κ2) is 10.2. The highest BCUT2D eigenvalue weighted by atomic mass is 16.4. The molecule has 1 aromatic heterocycles. The topological polar surface area (TPSA) is 158 Å². The minimum Gasteiger partial charge on any atom is -0.506 e. The third-order valence-corrected chi connectivity index (χ3v) is 4.99. The second-order valence-corrected chi connectivity index (χ2v) is 8.55. The van der Waals surface area contributed by atoms with E-state index in [2.05, 4.69) is 5.32 Å². The first kappa shape index (κ1) is 25.4. The Hall–Kier alpha value is -3.82. The van der Waals surface area contributed by atoms with E-state index in [0.717, 1.165) is 16.6 Å². The van der Waals surface area contributed by atoms with Gasteiger partial charge in [-0.2, -0.15) is 0 Å². The molecule has 1 aromatic carbocycles. The Bertz CT molecular complexity index is 1110. The maximum Gasteiger partial charge on any atom is 0.322 e. The molecule has 0 bridgehead atoms. The zero-order valence-electron chi connectivity index (χ0n) is 19.1. The number of aromatic nitrogens is 1. The summed E-state index contributed by atoms with van der Waals surface area (Å²) in [5.74, 6) is -5.38. The van der Waals surface area contributed by atoms with Crippen LogP contribution in [0.1, 0.15) is 66.8 Å². The molecule has 0 atom stereocenters. The number of aliphatic carboxylic acids is 1. The van der Waals surface area contributed by atoms with Crippen molar-refractivity contribution < 1.29 is 29.7 Å². The molecule has 1 heterocycles. The van der Waals surface area contributed by atoms with E-state index in [9.17, 15) is 29.4 Å². The van der Waals surface area contributed by atoms with Crippen LogP contribution in [-0.4, -0.2) is 50.8 Å². The minimum absolute atomic E-state index is 0.153. The summed E-state index contributed by atoms with van der Waals surface area (Å²) in [5, 5.41) is 34.7. The van der Waals surface area contributed by atoms with Crippen molar-refractivity contribution in [3.8, 4) is 17.3 Å². The molecule has 0 fully saturated rings. The van der Waals surface area contributed by atoms with Crippen LogP contribution in [0.15, 0.2) is 29.1 Å². The highest BCUT2D eigenvalue weighted by Crippen LogP contribution is 2.31. The van der Waals surface area contributed by atoms with E-state index in [-0.39, 0.29) is 17.6 Å². The lowest BCUT2D eigenvalue weighted by atomic mass is 9.87. The Morgan fingerprint density at radius 2 is 1.55 bits per heavy atom. The van der Waals surface area contributed by atoms with Crippen molar-refractivity contribution >= 4 is 17.8 Å². The lowest BCUT2D eigenvalue weighted by Crippen LogP contribution is -2.36. The molecule has 0 spiro atoms. The monoisotopic (exact) mass is 459 g/mol. The average molecular weight is 459 g/mol. The standard InChI is InChI=1S/C23H29N3O7/c1-5-6-11-24-19(30)16-18(29)17(20(31)25-12-15(27)28)22(33)26(21(16)32)14-9-7-13(8-10-14)23(2,3)4/h7-10,29,33H,5-6,11-12H2,1-4H3,(H,24,30)(H,25,31)(H,27,28). The van der Waals surface area contributed by atoms with Gasteiger partial charge in [0.15, 0.2) is 5.75 Å². The van der Waals surface area contributed by atoms with Crippen LogP contribution in [0.5, 0.6) is 11.6 Å². The van der Waals surface area contributed by atoms with Gasteiger partial charge in [0.05, 0.1) is 5.69 Å². The molecule has 0 aliphatic heterocycles. The van der Waals surface area contributed by atoms with Gasteiger partial charge >= 0.3 is 5.97 Å². The molecule has 2 aromatic rings. The third kappa shape index (κ3) is 5.71. The number of hydrogen-bond acceptors (Lipinski definition) is 6. The van der Waals surface area contributed by atoms with Crippen molar-refractivity contribution in [2.75, 3.05) is 13.1 Å². The summed E-state index contributed by atoms with van der Waals surface area (Å²) in [6.07, 6.45) is 1.40. The molecule has 10 heteroatoms. The zero-order valence-corrected chi connectivity index (χ0v) is 19.1. The lowest BCUT2D eigenvalue weighted by Gasteiger charge is -2.20. The minimum atomic E-state index is -1.36. The Balaban J connectivity index is 2.72. The fourth-order valence-corrected chi connectivity index (χ4v) is 3.13. The maximum absolute atomic E-state index is 13.2. The first-order valence-corrected chi connectivity index (χ1v) is 10.5. The van der Waals surface area contributed by atoms with Crippen LogP contribution in [0, 0.1) is 0 Å². The Morgan fingerprint density at radius 1 is 0.970 bits per heavy atom.